The van der Waals surface area contributed by atoms with E-state index in [9.17, 15) is 13.2 Å². The molecular formula is C18H23F3IN7S. The number of aryl methyl sites for hydroxylation is 1. The summed E-state index contributed by atoms with van der Waals surface area (Å²) in [5.41, 5.74) is -0.0176. The number of alkyl halides is 3. The maximum Gasteiger partial charge on any atom is 0.434 e. The number of aromatic nitrogens is 4. The molecule has 0 saturated carbocycles. The van der Waals surface area contributed by atoms with Crippen LogP contribution in [0.25, 0.3) is 5.65 Å². The summed E-state index contributed by atoms with van der Waals surface area (Å²) in [7, 11) is 0. The third-order valence-corrected chi connectivity index (χ3v) is 4.94. The van der Waals surface area contributed by atoms with Crippen LogP contribution in [-0.4, -0.2) is 45.2 Å². The van der Waals surface area contributed by atoms with Crippen molar-refractivity contribution in [2.45, 2.75) is 32.4 Å². The van der Waals surface area contributed by atoms with E-state index >= 15 is 0 Å². The lowest BCUT2D eigenvalue weighted by Crippen LogP contribution is -2.38. The number of fused-ring (bicyclic) bond motifs is 1. The van der Waals surface area contributed by atoms with Gasteiger partial charge in [-0.25, -0.2) is 4.98 Å². The molecule has 0 fully saturated rings. The first-order valence-corrected chi connectivity index (χ1v) is 10.2. The normalized spacial score (nSPS) is 12.1. The van der Waals surface area contributed by atoms with Crippen molar-refractivity contribution in [1.29, 1.82) is 0 Å². The molecule has 3 aromatic heterocycles. The van der Waals surface area contributed by atoms with Gasteiger partial charge in [0.1, 0.15) is 5.82 Å². The molecule has 0 aliphatic heterocycles. The monoisotopic (exact) mass is 553 g/mol. The van der Waals surface area contributed by atoms with E-state index in [-0.39, 0.29) is 24.0 Å². The molecular weight excluding hydrogens is 530 g/mol. The molecule has 3 aromatic rings. The number of guanidine groups is 1. The fourth-order valence-electron chi connectivity index (χ4n) is 2.67. The van der Waals surface area contributed by atoms with Crippen molar-refractivity contribution in [3.63, 3.8) is 0 Å². The highest BCUT2D eigenvalue weighted by atomic mass is 127. The van der Waals surface area contributed by atoms with Crippen LogP contribution in [0.5, 0.6) is 0 Å². The number of halogens is 4. The van der Waals surface area contributed by atoms with E-state index in [0.717, 1.165) is 41.0 Å². The van der Waals surface area contributed by atoms with E-state index in [2.05, 4.69) is 30.8 Å². The fourth-order valence-corrected chi connectivity index (χ4v) is 3.48. The minimum Gasteiger partial charge on any atom is -0.357 e. The molecule has 0 aliphatic rings. The van der Waals surface area contributed by atoms with E-state index in [1.165, 1.54) is 0 Å². The Labute approximate surface area is 193 Å². The molecule has 30 heavy (non-hydrogen) atoms. The molecule has 0 aliphatic carbocycles. The molecule has 0 saturated heterocycles. The first-order chi connectivity index (χ1) is 14.0. The second-order valence-corrected chi connectivity index (χ2v) is 7.15. The van der Waals surface area contributed by atoms with Crippen LogP contribution in [-0.2, 0) is 19.0 Å². The van der Waals surface area contributed by atoms with Crippen LogP contribution >= 0.6 is 35.3 Å². The van der Waals surface area contributed by atoms with E-state index < -0.39 is 11.9 Å². The summed E-state index contributed by atoms with van der Waals surface area (Å²) in [4.78, 5) is 8.14. The van der Waals surface area contributed by atoms with Crippen LogP contribution in [0.15, 0.2) is 34.8 Å². The zero-order valence-corrected chi connectivity index (χ0v) is 19.5. The van der Waals surface area contributed by atoms with Crippen LogP contribution in [0.2, 0.25) is 0 Å². The summed E-state index contributed by atoms with van der Waals surface area (Å²) in [6.07, 6.45) is -0.519. The van der Waals surface area contributed by atoms with Gasteiger partial charge in [-0.3, -0.25) is 9.39 Å². The Hall–Kier alpha value is -1.96. The number of thiazole rings is 1. The molecule has 3 heterocycles. The molecule has 0 radical (unpaired) electrons. The van der Waals surface area contributed by atoms with Crippen LogP contribution in [0, 0.1) is 0 Å². The summed E-state index contributed by atoms with van der Waals surface area (Å²) in [5, 5.41) is 16.1. The van der Waals surface area contributed by atoms with Crippen molar-refractivity contribution in [3.05, 3.63) is 46.3 Å². The van der Waals surface area contributed by atoms with Crippen LogP contribution in [0.1, 0.15) is 29.9 Å². The van der Waals surface area contributed by atoms with E-state index in [1.807, 2.05) is 35.7 Å². The number of aliphatic imine (C=N–C) groups is 1. The van der Waals surface area contributed by atoms with Crippen molar-refractivity contribution in [3.8, 4) is 0 Å². The Bertz CT molecular complexity index is 955. The zero-order chi connectivity index (χ0) is 20.7. The highest BCUT2D eigenvalue weighted by Crippen LogP contribution is 2.29. The number of hydrogen-bond donors (Lipinski definition) is 2. The van der Waals surface area contributed by atoms with Gasteiger partial charge in [-0.05, 0) is 25.5 Å². The van der Waals surface area contributed by atoms with E-state index in [4.69, 9.17) is 0 Å². The van der Waals surface area contributed by atoms with Gasteiger partial charge in [0.15, 0.2) is 17.3 Å². The molecule has 0 aromatic carbocycles. The minimum absolute atomic E-state index is 0. The molecule has 2 N–H and O–H groups in total. The zero-order valence-electron chi connectivity index (χ0n) is 16.3. The fraction of sp³-hybridized carbons (Fsp3) is 0.444. The second-order valence-electron chi connectivity index (χ2n) is 6.21. The van der Waals surface area contributed by atoms with Gasteiger partial charge in [0, 0.05) is 44.1 Å². The number of nitrogens with one attached hydrogen (secondary N) is 2. The minimum atomic E-state index is -4.39. The summed E-state index contributed by atoms with van der Waals surface area (Å²) in [6, 6.07) is 5.76. The van der Waals surface area contributed by atoms with E-state index in [0.29, 0.717) is 37.0 Å². The van der Waals surface area contributed by atoms with Crippen LogP contribution < -0.4 is 10.6 Å². The summed E-state index contributed by atoms with van der Waals surface area (Å²) in [5.74, 6) is 1.52. The highest BCUT2D eigenvalue weighted by molar-refractivity contribution is 14.0. The Morgan fingerprint density at radius 1 is 1.20 bits per heavy atom. The van der Waals surface area contributed by atoms with Gasteiger partial charge in [0.25, 0.3) is 0 Å². The SMILES string of the molecule is CCNC(=NCCCc1nnc2ccccn12)NCCc1nc(C(F)(F)F)cs1.I. The molecule has 12 heteroatoms. The molecule has 0 spiro atoms. The summed E-state index contributed by atoms with van der Waals surface area (Å²) >= 11 is 1.02. The quantitative estimate of drug-likeness (QED) is 0.193. The van der Waals surface area contributed by atoms with Crippen molar-refractivity contribution < 1.29 is 13.2 Å². The first kappa shape index (κ1) is 24.3. The molecule has 0 atom stereocenters. The lowest BCUT2D eigenvalue weighted by Gasteiger charge is -2.10. The Balaban J connectivity index is 0.00000320. The maximum absolute atomic E-state index is 12.6. The molecule has 0 bridgehead atoms. The molecule has 0 unspecified atom stereocenters. The average molecular weight is 553 g/mol. The largest absolute Gasteiger partial charge is 0.434 e. The highest BCUT2D eigenvalue weighted by Gasteiger charge is 2.33. The second kappa shape index (κ2) is 11.4. The average Bonchev–Trinajstić information content (AvgIpc) is 3.32. The van der Waals surface area contributed by atoms with E-state index in [1.54, 1.807) is 0 Å². The topological polar surface area (TPSA) is 79.5 Å². The summed E-state index contributed by atoms with van der Waals surface area (Å²) < 4.78 is 39.8. The Morgan fingerprint density at radius 2 is 2.03 bits per heavy atom. The standard InChI is InChI=1S/C18H22F3N7S.HI/c1-2-22-17(24-10-8-16-25-13(12-29-16)18(19,20)21)23-9-5-7-15-27-26-14-6-3-4-11-28(14)15;/h3-4,6,11-12H,2,5,7-10H2,1H3,(H2,22,23,24);1H. The van der Waals surface area contributed by atoms with Gasteiger partial charge in [-0.2, -0.15) is 13.2 Å². The van der Waals surface area contributed by atoms with Gasteiger partial charge < -0.3 is 10.6 Å². The first-order valence-electron chi connectivity index (χ1n) is 9.30. The van der Waals surface area contributed by atoms with Crippen LogP contribution in [0.3, 0.4) is 0 Å². The lowest BCUT2D eigenvalue weighted by molar-refractivity contribution is -0.140. The number of hydrogen-bond acceptors (Lipinski definition) is 5. The van der Waals surface area contributed by atoms with Crippen molar-refractivity contribution in [1.82, 2.24) is 30.2 Å². The maximum atomic E-state index is 12.6. The summed E-state index contributed by atoms with van der Waals surface area (Å²) in [6.45, 7) is 3.68. The smallest absolute Gasteiger partial charge is 0.357 e. The van der Waals surface area contributed by atoms with Gasteiger partial charge >= 0.3 is 6.18 Å². The molecule has 7 nitrogen and oxygen atoms in total. The number of pyridine rings is 1. The lowest BCUT2D eigenvalue weighted by atomic mass is 10.3. The third kappa shape index (κ3) is 6.79. The Morgan fingerprint density at radius 3 is 2.77 bits per heavy atom. The van der Waals surface area contributed by atoms with Gasteiger partial charge in [-0.15, -0.1) is 45.5 Å². The van der Waals surface area contributed by atoms with Crippen molar-refractivity contribution in [2.24, 2.45) is 4.99 Å². The molecule has 3 rings (SSSR count). The Kier molecular flexibility index (Phi) is 9.27. The van der Waals surface area contributed by atoms with Gasteiger partial charge in [0.05, 0.1) is 5.01 Å². The number of nitrogens with zero attached hydrogens (tertiary/aromatic N) is 5. The number of rotatable bonds is 8. The van der Waals surface area contributed by atoms with Gasteiger partial charge in [-0.1, -0.05) is 6.07 Å². The predicted molar refractivity (Wildman–Crippen MR) is 122 cm³/mol. The predicted octanol–water partition coefficient (Wildman–Crippen LogP) is 3.55. The van der Waals surface area contributed by atoms with Crippen LogP contribution in [0.4, 0.5) is 13.2 Å². The van der Waals surface area contributed by atoms with Crippen molar-refractivity contribution in [2.75, 3.05) is 19.6 Å². The van der Waals surface area contributed by atoms with Crippen molar-refractivity contribution >= 4 is 46.9 Å². The molecule has 164 valence electrons. The molecule has 0 amide bonds. The van der Waals surface area contributed by atoms with Gasteiger partial charge in [0.2, 0.25) is 0 Å². The third-order valence-electron chi connectivity index (χ3n) is 4.03.